The van der Waals surface area contributed by atoms with Crippen LogP contribution in [0.4, 0.5) is 0 Å². The Kier molecular flexibility index (Phi) is 3.14. The Hall–Kier alpha value is -0.610. The molecule has 0 heterocycles. The van der Waals surface area contributed by atoms with E-state index in [9.17, 15) is 4.79 Å². The number of carbonyl (C=O) groups excluding carboxylic acids is 1. The lowest BCUT2D eigenvalue weighted by molar-refractivity contribution is -0.118. The molecule has 0 aromatic heterocycles. The fraction of sp³-hybridized carbons (Fsp3) is 0.750. The maximum Gasteiger partial charge on any atom is 0.219 e. The van der Waals surface area contributed by atoms with Crippen LogP contribution in [0.1, 0.15) is 6.42 Å². The number of rotatable bonds is 3. The predicted octanol–water partition coefficient (Wildman–Crippen LogP) is -1.85. The summed E-state index contributed by atoms with van der Waals surface area (Å²) in [6.45, 7) is 0.308. The van der Waals surface area contributed by atoms with E-state index in [0.717, 1.165) is 0 Å². The predicted molar refractivity (Wildman–Crippen MR) is 30.8 cm³/mol. The summed E-state index contributed by atoms with van der Waals surface area (Å²) in [6, 6.07) is -0.271. The van der Waals surface area contributed by atoms with Crippen LogP contribution in [0.15, 0.2) is 0 Å². The van der Waals surface area contributed by atoms with Gasteiger partial charge in [0.15, 0.2) is 0 Å². The number of carbonyl (C=O) groups is 1. The van der Waals surface area contributed by atoms with E-state index >= 15 is 0 Å². The Morgan fingerprint density at radius 3 is 2.25 bits per heavy atom. The topological polar surface area (TPSA) is 95.1 Å². The van der Waals surface area contributed by atoms with Crippen molar-refractivity contribution in [2.75, 3.05) is 6.54 Å². The molecule has 1 atom stereocenters. The van der Waals surface area contributed by atoms with Gasteiger partial charge in [0, 0.05) is 19.0 Å². The lowest BCUT2D eigenvalue weighted by Crippen LogP contribution is -2.34. The van der Waals surface area contributed by atoms with Crippen LogP contribution in [0.25, 0.3) is 0 Å². The summed E-state index contributed by atoms with van der Waals surface area (Å²) < 4.78 is 0. The second-order valence-electron chi connectivity index (χ2n) is 1.67. The monoisotopic (exact) mass is 117 g/mol. The third kappa shape index (κ3) is 3.58. The minimum Gasteiger partial charge on any atom is -0.370 e. The van der Waals surface area contributed by atoms with Gasteiger partial charge in [0.2, 0.25) is 5.91 Å². The van der Waals surface area contributed by atoms with E-state index < -0.39 is 5.91 Å². The zero-order valence-electron chi connectivity index (χ0n) is 4.63. The first-order valence-electron chi connectivity index (χ1n) is 2.40. The van der Waals surface area contributed by atoms with Crippen LogP contribution in [0.3, 0.4) is 0 Å². The van der Waals surface area contributed by atoms with Crippen LogP contribution < -0.4 is 17.2 Å². The van der Waals surface area contributed by atoms with Crippen LogP contribution in [0.2, 0.25) is 0 Å². The van der Waals surface area contributed by atoms with Gasteiger partial charge in [-0.15, -0.1) is 0 Å². The van der Waals surface area contributed by atoms with Gasteiger partial charge in [-0.05, 0) is 0 Å². The number of nitrogens with two attached hydrogens (primary N) is 3. The van der Waals surface area contributed by atoms with E-state index in [1.165, 1.54) is 0 Å². The van der Waals surface area contributed by atoms with Crippen molar-refractivity contribution in [2.24, 2.45) is 17.2 Å². The molecule has 0 aromatic rings. The summed E-state index contributed by atoms with van der Waals surface area (Å²) >= 11 is 0. The van der Waals surface area contributed by atoms with Crippen molar-refractivity contribution in [2.45, 2.75) is 12.5 Å². The maximum absolute atomic E-state index is 10.1. The number of hydrogen-bond donors (Lipinski definition) is 3. The van der Waals surface area contributed by atoms with E-state index in [0.29, 0.717) is 6.54 Å². The molecule has 0 saturated carbocycles. The number of hydrogen-bond acceptors (Lipinski definition) is 3. The van der Waals surface area contributed by atoms with Crippen molar-refractivity contribution >= 4 is 5.91 Å². The molecule has 0 aromatic carbocycles. The van der Waals surface area contributed by atoms with Gasteiger partial charge in [-0.3, -0.25) is 4.79 Å². The molecule has 0 aliphatic rings. The summed E-state index contributed by atoms with van der Waals surface area (Å²) in [6.07, 6.45) is 0.177. The number of primary amides is 1. The molecule has 0 radical (unpaired) electrons. The van der Waals surface area contributed by atoms with Crippen LogP contribution in [-0.2, 0) is 4.79 Å². The molecule has 0 fully saturated rings. The quantitative estimate of drug-likeness (QED) is 0.405. The smallest absolute Gasteiger partial charge is 0.219 e. The summed E-state index contributed by atoms with van der Waals surface area (Å²) in [5.41, 5.74) is 15.1. The Morgan fingerprint density at radius 1 is 1.62 bits per heavy atom. The van der Waals surface area contributed by atoms with Crippen molar-refractivity contribution in [3.05, 3.63) is 0 Å². The first-order chi connectivity index (χ1) is 3.66. The number of amides is 1. The highest BCUT2D eigenvalue weighted by molar-refractivity contribution is 5.74. The minimum atomic E-state index is -0.400. The molecule has 0 bridgehead atoms. The first-order valence-corrected chi connectivity index (χ1v) is 2.40. The second kappa shape index (κ2) is 3.40. The van der Waals surface area contributed by atoms with Crippen LogP contribution >= 0.6 is 0 Å². The van der Waals surface area contributed by atoms with Crippen molar-refractivity contribution in [3.63, 3.8) is 0 Å². The second-order valence-corrected chi connectivity index (χ2v) is 1.67. The van der Waals surface area contributed by atoms with Crippen LogP contribution in [-0.4, -0.2) is 18.5 Å². The zero-order chi connectivity index (χ0) is 6.57. The molecule has 0 aliphatic heterocycles. The lowest BCUT2D eigenvalue weighted by atomic mass is 10.2. The normalized spacial score (nSPS) is 13.2. The Labute approximate surface area is 48.0 Å². The largest absolute Gasteiger partial charge is 0.370 e. The summed E-state index contributed by atoms with van der Waals surface area (Å²) in [4.78, 5) is 10.1. The van der Waals surface area contributed by atoms with Gasteiger partial charge >= 0.3 is 0 Å². The molecule has 1 amide bonds. The van der Waals surface area contributed by atoms with Crippen molar-refractivity contribution in [1.82, 2.24) is 0 Å². The van der Waals surface area contributed by atoms with Gasteiger partial charge < -0.3 is 17.2 Å². The molecule has 4 heteroatoms. The average Bonchev–Trinajstić information content (AvgIpc) is 1.65. The van der Waals surface area contributed by atoms with E-state index in [-0.39, 0.29) is 12.5 Å². The van der Waals surface area contributed by atoms with Crippen LogP contribution in [0, 0.1) is 0 Å². The van der Waals surface area contributed by atoms with Crippen molar-refractivity contribution in [3.8, 4) is 0 Å². The molecule has 1 unspecified atom stereocenters. The average molecular weight is 117 g/mol. The Balaban J connectivity index is 3.24. The maximum atomic E-state index is 10.1. The van der Waals surface area contributed by atoms with E-state index in [2.05, 4.69) is 0 Å². The molecule has 4 nitrogen and oxygen atoms in total. The summed E-state index contributed by atoms with van der Waals surface area (Å²) in [5, 5.41) is 0. The Morgan fingerprint density at radius 2 is 2.12 bits per heavy atom. The third-order valence-corrected chi connectivity index (χ3v) is 0.766. The van der Waals surface area contributed by atoms with Gasteiger partial charge in [0.05, 0.1) is 0 Å². The van der Waals surface area contributed by atoms with Crippen molar-refractivity contribution < 1.29 is 4.79 Å². The summed E-state index contributed by atoms with van der Waals surface area (Å²) in [7, 11) is 0. The molecule has 0 saturated heterocycles. The lowest BCUT2D eigenvalue weighted by Gasteiger charge is -2.02. The fourth-order valence-electron chi connectivity index (χ4n) is 0.342. The minimum absolute atomic E-state index is 0.177. The molecule has 8 heavy (non-hydrogen) atoms. The molecule has 0 rings (SSSR count). The molecule has 0 aliphatic carbocycles. The molecule has 48 valence electrons. The SMILES string of the molecule is NCC(N)CC(N)=O. The van der Waals surface area contributed by atoms with Crippen molar-refractivity contribution in [1.29, 1.82) is 0 Å². The summed E-state index contributed by atoms with van der Waals surface area (Å²) in [5.74, 6) is -0.400. The van der Waals surface area contributed by atoms with Gasteiger partial charge in [-0.1, -0.05) is 0 Å². The molecule has 0 spiro atoms. The molecule has 6 N–H and O–H groups in total. The zero-order valence-corrected chi connectivity index (χ0v) is 4.63. The standard InChI is InChI=1S/C4H11N3O/c5-2-3(6)1-4(7)8/h3H,1-2,5-6H2,(H2,7,8). The highest BCUT2D eigenvalue weighted by Gasteiger charge is 2.01. The fourth-order valence-corrected chi connectivity index (χ4v) is 0.342. The molecular formula is C4H11N3O. The first kappa shape index (κ1) is 7.39. The van der Waals surface area contributed by atoms with E-state index in [4.69, 9.17) is 17.2 Å². The van der Waals surface area contributed by atoms with Gasteiger partial charge in [-0.25, -0.2) is 0 Å². The Bertz CT molecular complexity index is 83.4. The van der Waals surface area contributed by atoms with E-state index in [1.807, 2.05) is 0 Å². The van der Waals surface area contributed by atoms with Gasteiger partial charge in [-0.2, -0.15) is 0 Å². The van der Waals surface area contributed by atoms with Crippen LogP contribution in [0.5, 0.6) is 0 Å². The van der Waals surface area contributed by atoms with Gasteiger partial charge in [0.1, 0.15) is 0 Å². The third-order valence-electron chi connectivity index (χ3n) is 0.766. The molecular weight excluding hydrogens is 106 g/mol. The highest BCUT2D eigenvalue weighted by Crippen LogP contribution is 1.80. The highest BCUT2D eigenvalue weighted by atomic mass is 16.1. The van der Waals surface area contributed by atoms with E-state index in [1.54, 1.807) is 0 Å². The van der Waals surface area contributed by atoms with Gasteiger partial charge in [0.25, 0.3) is 0 Å².